The van der Waals surface area contributed by atoms with Gasteiger partial charge >= 0.3 is 5.69 Å². The highest BCUT2D eigenvalue weighted by molar-refractivity contribution is 6.30. The summed E-state index contributed by atoms with van der Waals surface area (Å²) in [6.07, 6.45) is 1.79. The fourth-order valence-electron chi connectivity index (χ4n) is 1.63. The average Bonchev–Trinajstić information content (AvgIpc) is 2.41. The van der Waals surface area contributed by atoms with Crippen molar-refractivity contribution >= 4 is 11.6 Å². The molecule has 0 bridgehead atoms. The molecular formula is C11H11ClN2O. The summed E-state index contributed by atoms with van der Waals surface area (Å²) < 4.78 is 3.18. The van der Waals surface area contributed by atoms with Crippen molar-refractivity contribution in [2.75, 3.05) is 0 Å². The lowest BCUT2D eigenvalue weighted by Gasteiger charge is -2.03. The Bertz CT molecular complexity index is 554. The van der Waals surface area contributed by atoms with Crippen molar-refractivity contribution in [3.63, 3.8) is 0 Å². The molecule has 15 heavy (non-hydrogen) atoms. The molecule has 0 radical (unpaired) electrons. The number of hydrogen-bond donors (Lipinski definition) is 0. The summed E-state index contributed by atoms with van der Waals surface area (Å²) in [7, 11) is 1.73. The summed E-state index contributed by atoms with van der Waals surface area (Å²) in [4.78, 5) is 11.8. The van der Waals surface area contributed by atoms with Gasteiger partial charge in [-0.2, -0.15) is 0 Å². The van der Waals surface area contributed by atoms with Gasteiger partial charge in [0.2, 0.25) is 0 Å². The van der Waals surface area contributed by atoms with E-state index >= 15 is 0 Å². The van der Waals surface area contributed by atoms with Gasteiger partial charge in [-0.1, -0.05) is 17.7 Å². The lowest BCUT2D eigenvalue weighted by Crippen LogP contribution is -2.21. The number of nitrogens with zero attached hydrogens (tertiary/aromatic N) is 2. The van der Waals surface area contributed by atoms with E-state index in [1.54, 1.807) is 34.5 Å². The molecule has 1 heterocycles. The molecule has 1 aromatic carbocycles. The van der Waals surface area contributed by atoms with Crippen molar-refractivity contribution < 1.29 is 0 Å². The van der Waals surface area contributed by atoms with Crippen LogP contribution < -0.4 is 5.69 Å². The number of halogens is 1. The molecule has 0 aliphatic rings. The highest BCUT2D eigenvalue weighted by Crippen LogP contribution is 2.14. The standard InChI is InChI=1S/C11H11ClN2O/c1-8-7-13(2)11(15)14(8)10-5-3-4-9(12)6-10/h3-7H,1-2H3. The van der Waals surface area contributed by atoms with Crippen molar-refractivity contribution in [3.05, 3.63) is 51.7 Å². The summed E-state index contributed by atoms with van der Waals surface area (Å²) >= 11 is 5.88. The fourth-order valence-corrected chi connectivity index (χ4v) is 1.82. The van der Waals surface area contributed by atoms with Gasteiger partial charge in [-0.15, -0.1) is 0 Å². The Labute approximate surface area is 92.5 Å². The molecule has 3 nitrogen and oxygen atoms in total. The van der Waals surface area contributed by atoms with E-state index in [1.807, 2.05) is 19.1 Å². The van der Waals surface area contributed by atoms with Crippen LogP contribution in [-0.2, 0) is 7.05 Å². The van der Waals surface area contributed by atoms with Gasteiger partial charge in [0.05, 0.1) is 5.69 Å². The van der Waals surface area contributed by atoms with Gasteiger partial charge in [-0.3, -0.25) is 4.57 Å². The van der Waals surface area contributed by atoms with E-state index in [1.165, 1.54) is 0 Å². The van der Waals surface area contributed by atoms with Gasteiger partial charge < -0.3 is 4.57 Å². The topological polar surface area (TPSA) is 26.9 Å². The minimum absolute atomic E-state index is 0.0604. The van der Waals surface area contributed by atoms with Crippen molar-refractivity contribution in [2.24, 2.45) is 7.05 Å². The van der Waals surface area contributed by atoms with E-state index in [0.29, 0.717) is 5.02 Å². The minimum Gasteiger partial charge on any atom is -0.302 e. The quantitative estimate of drug-likeness (QED) is 0.726. The molecule has 0 aliphatic heterocycles. The van der Waals surface area contributed by atoms with Crippen molar-refractivity contribution in [3.8, 4) is 5.69 Å². The molecule has 4 heteroatoms. The van der Waals surface area contributed by atoms with Crippen LogP contribution in [0.5, 0.6) is 0 Å². The van der Waals surface area contributed by atoms with Gasteiger partial charge in [0, 0.05) is 24.0 Å². The van der Waals surface area contributed by atoms with Crippen LogP contribution in [0, 0.1) is 6.92 Å². The van der Waals surface area contributed by atoms with E-state index in [4.69, 9.17) is 11.6 Å². The first-order valence-corrected chi connectivity index (χ1v) is 4.98. The predicted octanol–water partition coefficient (Wildman–Crippen LogP) is 2.14. The van der Waals surface area contributed by atoms with Crippen LogP contribution in [-0.4, -0.2) is 9.13 Å². The number of aryl methyl sites for hydroxylation is 2. The Morgan fingerprint density at radius 1 is 1.33 bits per heavy atom. The number of benzene rings is 1. The van der Waals surface area contributed by atoms with Gasteiger partial charge in [0.15, 0.2) is 0 Å². The van der Waals surface area contributed by atoms with Crippen LogP contribution in [0.25, 0.3) is 5.69 Å². The normalized spacial score (nSPS) is 10.6. The average molecular weight is 223 g/mol. The van der Waals surface area contributed by atoms with Crippen LogP contribution in [0.2, 0.25) is 5.02 Å². The second-order valence-electron chi connectivity index (χ2n) is 3.48. The molecule has 2 aromatic rings. The first-order chi connectivity index (χ1) is 7.09. The largest absolute Gasteiger partial charge is 0.332 e. The summed E-state index contributed by atoms with van der Waals surface area (Å²) in [5.74, 6) is 0. The van der Waals surface area contributed by atoms with E-state index in [9.17, 15) is 4.79 Å². The van der Waals surface area contributed by atoms with Gasteiger partial charge in [-0.25, -0.2) is 4.79 Å². The molecular weight excluding hydrogens is 212 g/mol. The van der Waals surface area contributed by atoms with E-state index in [0.717, 1.165) is 11.4 Å². The highest BCUT2D eigenvalue weighted by Gasteiger charge is 2.07. The maximum absolute atomic E-state index is 11.8. The summed E-state index contributed by atoms with van der Waals surface area (Å²) in [6, 6.07) is 7.25. The molecule has 2 rings (SSSR count). The van der Waals surface area contributed by atoms with Crippen LogP contribution in [0.4, 0.5) is 0 Å². The highest BCUT2D eigenvalue weighted by atomic mass is 35.5. The number of aromatic nitrogens is 2. The molecule has 1 aromatic heterocycles. The van der Waals surface area contributed by atoms with Gasteiger partial charge in [0.1, 0.15) is 0 Å². The lowest BCUT2D eigenvalue weighted by atomic mass is 10.3. The van der Waals surface area contributed by atoms with Crippen LogP contribution in [0.15, 0.2) is 35.3 Å². The zero-order chi connectivity index (χ0) is 11.0. The fraction of sp³-hybridized carbons (Fsp3) is 0.182. The second-order valence-corrected chi connectivity index (χ2v) is 3.92. The SMILES string of the molecule is Cc1cn(C)c(=O)n1-c1cccc(Cl)c1. The van der Waals surface area contributed by atoms with Crippen molar-refractivity contribution in [2.45, 2.75) is 6.92 Å². The monoisotopic (exact) mass is 222 g/mol. The van der Waals surface area contributed by atoms with Crippen LogP contribution in [0.3, 0.4) is 0 Å². The van der Waals surface area contributed by atoms with Gasteiger partial charge in [0.25, 0.3) is 0 Å². The van der Waals surface area contributed by atoms with Crippen LogP contribution in [0.1, 0.15) is 5.69 Å². The van der Waals surface area contributed by atoms with Crippen LogP contribution >= 0.6 is 11.6 Å². The molecule has 0 N–H and O–H groups in total. The van der Waals surface area contributed by atoms with E-state index < -0.39 is 0 Å². The number of imidazole rings is 1. The zero-order valence-electron chi connectivity index (χ0n) is 8.57. The van der Waals surface area contributed by atoms with Crippen molar-refractivity contribution in [1.29, 1.82) is 0 Å². The predicted molar refractivity (Wildman–Crippen MR) is 60.8 cm³/mol. The number of hydrogen-bond acceptors (Lipinski definition) is 1. The summed E-state index contributed by atoms with van der Waals surface area (Å²) in [5, 5.41) is 0.627. The zero-order valence-corrected chi connectivity index (χ0v) is 9.32. The second kappa shape index (κ2) is 3.59. The molecule has 0 atom stereocenters. The third kappa shape index (κ3) is 1.70. The maximum Gasteiger partial charge on any atom is 0.332 e. The Kier molecular flexibility index (Phi) is 2.40. The minimum atomic E-state index is -0.0604. The van der Waals surface area contributed by atoms with Gasteiger partial charge in [-0.05, 0) is 25.1 Å². The third-order valence-electron chi connectivity index (χ3n) is 2.29. The maximum atomic E-state index is 11.8. The first-order valence-electron chi connectivity index (χ1n) is 4.60. The molecule has 0 amide bonds. The molecule has 78 valence electrons. The Hall–Kier alpha value is -1.48. The number of rotatable bonds is 1. The lowest BCUT2D eigenvalue weighted by molar-refractivity contribution is 0.821. The smallest absolute Gasteiger partial charge is 0.302 e. The van der Waals surface area contributed by atoms with E-state index in [-0.39, 0.29) is 5.69 Å². The first kappa shape index (κ1) is 10.1. The summed E-state index contributed by atoms with van der Waals surface area (Å²) in [5.41, 5.74) is 1.63. The Morgan fingerprint density at radius 2 is 2.07 bits per heavy atom. The van der Waals surface area contributed by atoms with Crippen molar-refractivity contribution in [1.82, 2.24) is 9.13 Å². The molecule has 0 fully saturated rings. The Balaban J connectivity index is 2.69. The molecule has 0 saturated carbocycles. The van der Waals surface area contributed by atoms with E-state index in [2.05, 4.69) is 0 Å². The molecule has 0 unspecified atom stereocenters. The Morgan fingerprint density at radius 3 is 2.60 bits per heavy atom. The molecule has 0 aliphatic carbocycles. The summed E-state index contributed by atoms with van der Waals surface area (Å²) in [6.45, 7) is 1.89. The third-order valence-corrected chi connectivity index (χ3v) is 2.53. The molecule has 0 spiro atoms. The molecule has 0 saturated heterocycles.